The van der Waals surface area contributed by atoms with Crippen molar-refractivity contribution < 1.29 is 22.8 Å². The van der Waals surface area contributed by atoms with Crippen LogP contribution in [0.25, 0.3) is 0 Å². The van der Waals surface area contributed by atoms with Crippen LogP contribution < -0.4 is 19.9 Å². The van der Waals surface area contributed by atoms with Gasteiger partial charge in [-0.3, -0.25) is 4.57 Å². The first kappa shape index (κ1) is 23.2. The molecule has 1 saturated heterocycles. The molecule has 3 aromatic rings. The fourth-order valence-electron chi connectivity index (χ4n) is 3.81. The van der Waals surface area contributed by atoms with Crippen LogP contribution in [0.3, 0.4) is 0 Å². The number of ether oxygens (including phenoxy) is 1. The second-order valence-electron chi connectivity index (χ2n) is 8.06. The van der Waals surface area contributed by atoms with E-state index in [2.05, 4.69) is 25.3 Å². The van der Waals surface area contributed by atoms with Crippen LogP contribution in [0.2, 0.25) is 0 Å². The molecule has 0 radical (unpaired) electrons. The van der Waals surface area contributed by atoms with Gasteiger partial charge in [0.05, 0.1) is 6.04 Å². The average molecular weight is 511 g/mol. The number of hydrogen-bond acceptors (Lipinski definition) is 11. The van der Waals surface area contributed by atoms with E-state index in [1.54, 1.807) is 17.0 Å². The molecular formula is C19H20F3N9O3S. The number of rotatable bonds is 6. The Morgan fingerprint density at radius 1 is 1.17 bits per heavy atom. The van der Waals surface area contributed by atoms with Crippen LogP contribution in [0.15, 0.2) is 24.0 Å². The van der Waals surface area contributed by atoms with Crippen molar-refractivity contribution >= 4 is 28.2 Å². The largest absolute Gasteiger partial charge is 0.444 e. The lowest BCUT2D eigenvalue weighted by Crippen LogP contribution is -2.47. The monoisotopic (exact) mass is 511 g/mol. The number of halogens is 3. The number of hydrogen-bond donors (Lipinski definition) is 1. The van der Waals surface area contributed by atoms with Crippen LogP contribution in [0.1, 0.15) is 11.3 Å². The summed E-state index contributed by atoms with van der Waals surface area (Å²) in [5.74, 6) is 0.308. The topological polar surface area (TPSA) is 127 Å². The minimum atomic E-state index is -4.44. The van der Waals surface area contributed by atoms with Crippen LogP contribution in [0, 0.1) is 10.1 Å². The molecule has 186 valence electrons. The molecule has 0 aliphatic carbocycles. The Hall–Kier alpha value is -3.53. The van der Waals surface area contributed by atoms with E-state index in [4.69, 9.17) is 4.74 Å². The number of anilines is 2. The van der Waals surface area contributed by atoms with Crippen molar-refractivity contribution in [2.45, 2.75) is 25.3 Å². The van der Waals surface area contributed by atoms with Gasteiger partial charge in [0, 0.05) is 67.6 Å². The average Bonchev–Trinajstić information content (AvgIpc) is 3.51. The molecule has 0 amide bonds. The Bertz CT molecular complexity index is 1190. The molecule has 5 rings (SSSR count). The van der Waals surface area contributed by atoms with Crippen molar-refractivity contribution in [1.82, 2.24) is 29.8 Å². The highest BCUT2D eigenvalue weighted by Crippen LogP contribution is 2.33. The third-order valence-electron chi connectivity index (χ3n) is 5.65. The van der Waals surface area contributed by atoms with Crippen LogP contribution in [0.4, 0.5) is 30.1 Å². The molecule has 3 aromatic heterocycles. The van der Waals surface area contributed by atoms with Crippen molar-refractivity contribution in [2.75, 3.05) is 42.6 Å². The second kappa shape index (κ2) is 9.26. The molecule has 0 unspecified atom stereocenters. The number of nitrogens with one attached hydrogen (secondary N) is 1. The first-order valence-corrected chi connectivity index (χ1v) is 11.6. The van der Waals surface area contributed by atoms with Gasteiger partial charge in [-0.2, -0.15) is 13.2 Å². The lowest BCUT2D eigenvalue weighted by Gasteiger charge is -2.34. The summed E-state index contributed by atoms with van der Waals surface area (Å²) in [6.45, 7) is 3.49. The maximum Gasteiger partial charge on any atom is 0.434 e. The van der Waals surface area contributed by atoms with Gasteiger partial charge in [-0.15, -0.1) is 11.3 Å². The summed E-state index contributed by atoms with van der Waals surface area (Å²) >= 11 is 0.992. The SMILES string of the molecule is O=[N+]([O-])c1cn2c(n1)OC[C@@H](NCc1cnc(N3CCN(c4nc(C(F)(F)F)cs4)CC3)nc1)C2. The summed E-state index contributed by atoms with van der Waals surface area (Å²) in [7, 11) is 0. The van der Waals surface area contributed by atoms with Gasteiger partial charge in [0.1, 0.15) is 12.8 Å². The number of aromatic nitrogens is 5. The zero-order valence-corrected chi connectivity index (χ0v) is 19.0. The number of fused-ring (bicyclic) bond motifs is 1. The van der Waals surface area contributed by atoms with Crippen LogP contribution in [-0.4, -0.2) is 68.3 Å². The maximum atomic E-state index is 12.8. The van der Waals surface area contributed by atoms with Crippen molar-refractivity contribution in [3.05, 3.63) is 45.3 Å². The quantitative estimate of drug-likeness (QED) is 0.387. The van der Waals surface area contributed by atoms with Gasteiger partial charge < -0.3 is 30.0 Å². The highest BCUT2D eigenvalue weighted by atomic mass is 32.1. The van der Waals surface area contributed by atoms with Crippen molar-refractivity contribution in [3.8, 4) is 6.01 Å². The van der Waals surface area contributed by atoms with Gasteiger partial charge in [0.2, 0.25) is 5.95 Å². The molecule has 0 bridgehead atoms. The molecular weight excluding hydrogens is 491 g/mol. The van der Waals surface area contributed by atoms with Crippen molar-refractivity contribution in [1.29, 1.82) is 0 Å². The van der Waals surface area contributed by atoms with Gasteiger partial charge in [0.15, 0.2) is 10.8 Å². The van der Waals surface area contributed by atoms with E-state index in [1.807, 2.05) is 9.80 Å². The van der Waals surface area contributed by atoms with Crippen LogP contribution in [-0.2, 0) is 19.3 Å². The van der Waals surface area contributed by atoms with Crippen molar-refractivity contribution in [3.63, 3.8) is 0 Å². The third kappa shape index (κ3) is 5.12. The van der Waals surface area contributed by atoms with Gasteiger partial charge in [0.25, 0.3) is 0 Å². The Morgan fingerprint density at radius 3 is 2.54 bits per heavy atom. The molecule has 0 spiro atoms. The molecule has 35 heavy (non-hydrogen) atoms. The van der Waals surface area contributed by atoms with Gasteiger partial charge in [-0.1, -0.05) is 0 Å². The van der Waals surface area contributed by atoms with Gasteiger partial charge in [-0.25, -0.2) is 15.0 Å². The number of imidazole rings is 1. The number of nitrogens with zero attached hydrogens (tertiary/aromatic N) is 8. The van der Waals surface area contributed by atoms with Crippen LogP contribution in [0.5, 0.6) is 6.01 Å². The molecule has 1 atom stereocenters. The zero-order valence-electron chi connectivity index (χ0n) is 18.2. The van der Waals surface area contributed by atoms with Gasteiger partial charge >= 0.3 is 18.0 Å². The number of piperazine rings is 1. The minimum absolute atomic E-state index is 0.0622. The molecule has 0 saturated carbocycles. The predicted molar refractivity (Wildman–Crippen MR) is 119 cm³/mol. The molecule has 2 aliphatic heterocycles. The van der Waals surface area contributed by atoms with E-state index in [9.17, 15) is 23.3 Å². The second-order valence-corrected chi connectivity index (χ2v) is 8.90. The smallest absolute Gasteiger partial charge is 0.434 e. The van der Waals surface area contributed by atoms with E-state index in [0.717, 1.165) is 22.3 Å². The lowest BCUT2D eigenvalue weighted by atomic mass is 10.2. The molecule has 0 aromatic carbocycles. The van der Waals surface area contributed by atoms with E-state index in [-0.39, 0.29) is 17.9 Å². The molecule has 1 N–H and O–H groups in total. The minimum Gasteiger partial charge on any atom is -0.444 e. The summed E-state index contributed by atoms with van der Waals surface area (Å²) in [5.41, 5.74) is -0.00343. The predicted octanol–water partition coefficient (Wildman–Crippen LogP) is 1.93. The van der Waals surface area contributed by atoms with E-state index < -0.39 is 16.8 Å². The number of thiazole rings is 1. The fraction of sp³-hybridized carbons (Fsp3) is 0.474. The summed E-state index contributed by atoms with van der Waals surface area (Å²) in [6.07, 6.45) is 0.351. The highest BCUT2D eigenvalue weighted by molar-refractivity contribution is 7.13. The Morgan fingerprint density at radius 2 is 1.89 bits per heavy atom. The zero-order chi connectivity index (χ0) is 24.6. The Kier molecular flexibility index (Phi) is 6.14. The fourth-order valence-corrected chi connectivity index (χ4v) is 4.70. The maximum absolute atomic E-state index is 12.8. The lowest BCUT2D eigenvalue weighted by molar-refractivity contribution is -0.389. The van der Waals surface area contributed by atoms with Crippen LogP contribution >= 0.6 is 11.3 Å². The summed E-state index contributed by atoms with van der Waals surface area (Å²) in [5, 5.41) is 15.6. The molecule has 16 heteroatoms. The van der Waals surface area contributed by atoms with E-state index in [1.165, 1.54) is 6.20 Å². The number of nitro groups is 1. The molecule has 1 fully saturated rings. The first-order valence-electron chi connectivity index (χ1n) is 10.7. The first-order chi connectivity index (χ1) is 16.8. The summed E-state index contributed by atoms with van der Waals surface area (Å²) in [4.78, 5) is 30.5. The molecule has 12 nitrogen and oxygen atoms in total. The molecule has 2 aliphatic rings. The van der Waals surface area contributed by atoms with Gasteiger partial charge in [-0.05, 0) is 4.92 Å². The summed E-state index contributed by atoms with van der Waals surface area (Å²) in [6, 6.07) is 0.172. The van der Waals surface area contributed by atoms with E-state index >= 15 is 0 Å². The highest BCUT2D eigenvalue weighted by Gasteiger charge is 2.35. The summed E-state index contributed by atoms with van der Waals surface area (Å²) < 4.78 is 45.5. The normalized spacial score (nSPS) is 18.3. The molecule has 5 heterocycles. The number of alkyl halides is 3. The van der Waals surface area contributed by atoms with E-state index in [0.29, 0.717) is 57.0 Å². The standard InChI is InChI=1S/C19H20F3N9O3S/c20-19(21,22)14-11-35-18(26-14)29-3-1-28(2-4-29)16-24-6-12(7-25-16)5-23-13-8-30-9-15(31(32)33)27-17(30)34-10-13/h6-7,9,11,13,23H,1-5,8,10H2/t13-/m0/s1. The Balaban J connectivity index is 1.11. The third-order valence-corrected chi connectivity index (χ3v) is 6.55. The van der Waals surface area contributed by atoms with Crippen molar-refractivity contribution in [2.24, 2.45) is 0 Å². The Labute approximate surface area is 200 Å².